The normalized spacial score (nSPS) is 18.3. The van der Waals surface area contributed by atoms with Crippen LogP contribution in [0.4, 0.5) is 4.79 Å². The number of amides is 3. The second-order valence-corrected chi connectivity index (χ2v) is 8.48. The summed E-state index contributed by atoms with van der Waals surface area (Å²) >= 11 is 0. The number of carbonyl (C=O) groups excluding carboxylic acids is 3. The minimum Gasteiger partial charge on any atom is -0.480 e. The topological polar surface area (TPSA) is 143 Å². The van der Waals surface area contributed by atoms with Crippen molar-refractivity contribution in [1.29, 1.82) is 0 Å². The number of aliphatic carboxylic acids is 1. The van der Waals surface area contributed by atoms with Crippen molar-refractivity contribution >= 4 is 23.9 Å². The van der Waals surface area contributed by atoms with E-state index in [1.54, 1.807) is 0 Å². The molecule has 2 aliphatic rings. The fraction of sp³-hybridized carbons (Fsp3) is 0.360. The van der Waals surface area contributed by atoms with Gasteiger partial charge in [-0.25, -0.2) is 4.79 Å². The summed E-state index contributed by atoms with van der Waals surface area (Å²) in [5.41, 5.74) is 4.57. The standard InChI is InChI=1S/C25H27N3O7/c29-22(26-12-23(30)31)11-27-24(32)15-9-16(34-13-15)10-28-25(33)35-14-21-19-7-3-1-5-17(19)18-6-2-4-8-20(18)21/h1-8,15-16,21H,9-14H2,(H,26,29)(H,27,32)(H,28,33)(H,30,31). The van der Waals surface area contributed by atoms with Crippen LogP contribution in [0.2, 0.25) is 0 Å². The molecule has 184 valence electrons. The van der Waals surface area contributed by atoms with Crippen molar-refractivity contribution in [3.63, 3.8) is 0 Å². The highest BCUT2D eigenvalue weighted by Gasteiger charge is 2.32. The number of rotatable bonds is 9. The SMILES string of the molecule is O=C(O)CNC(=O)CNC(=O)C1COC(CNC(=O)OCC2c3ccccc3-c3ccccc32)C1. The minimum absolute atomic E-state index is 0.0309. The zero-order chi connectivity index (χ0) is 24.8. The van der Waals surface area contributed by atoms with Gasteiger partial charge in [-0.1, -0.05) is 48.5 Å². The van der Waals surface area contributed by atoms with Crippen LogP contribution in [-0.2, 0) is 23.9 Å². The van der Waals surface area contributed by atoms with Gasteiger partial charge in [0.05, 0.1) is 25.2 Å². The predicted molar refractivity (Wildman–Crippen MR) is 125 cm³/mol. The number of ether oxygens (including phenoxy) is 2. The molecule has 0 radical (unpaired) electrons. The number of carboxylic acids is 1. The quantitative estimate of drug-likeness (QED) is 0.422. The van der Waals surface area contributed by atoms with E-state index in [1.165, 1.54) is 0 Å². The number of fused-ring (bicyclic) bond motifs is 3. The monoisotopic (exact) mass is 481 g/mol. The molecule has 0 saturated carbocycles. The van der Waals surface area contributed by atoms with Crippen molar-refractivity contribution in [1.82, 2.24) is 16.0 Å². The highest BCUT2D eigenvalue weighted by atomic mass is 16.5. The molecule has 1 aliphatic carbocycles. The molecule has 0 aromatic heterocycles. The van der Waals surface area contributed by atoms with Crippen LogP contribution in [0.5, 0.6) is 0 Å². The van der Waals surface area contributed by atoms with E-state index in [-0.39, 0.29) is 44.2 Å². The molecule has 1 aliphatic heterocycles. The number of carbonyl (C=O) groups is 4. The van der Waals surface area contributed by atoms with E-state index in [0.717, 1.165) is 22.3 Å². The summed E-state index contributed by atoms with van der Waals surface area (Å²) in [6.07, 6.45) is -0.530. The number of nitrogens with one attached hydrogen (secondary N) is 3. The third kappa shape index (κ3) is 5.96. The highest BCUT2D eigenvalue weighted by Crippen LogP contribution is 2.44. The summed E-state index contributed by atoms with van der Waals surface area (Å²) < 4.78 is 11.1. The molecule has 10 heteroatoms. The number of hydrogen-bond acceptors (Lipinski definition) is 6. The lowest BCUT2D eigenvalue weighted by Crippen LogP contribution is -2.41. The zero-order valence-electron chi connectivity index (χ0n) is 19.0. The van der Waals surface area contributed by atoms with E-state index in [2.05, 4.69) is 40.2 Å². The Morgan fingerprint density at radius 1 is 0.914 bits per heavy atom. The van der Waals surface area contributed by atoms with E-state index in [9.17, 15) is 19.2 Å². The molecule has 10 nitrogen and oxygen atoms in total. The van der Waals surface area contributed by atoms with Crippen LogP contribution in [0.3, 0.4) is 0 Å². The average Bonchev–Trinajstić information content (AvgIpc) is 3.46. The lowest BCUT2D eigenvalue weighted by Gasteiger charge is -2.15. The Morgan fingerprint density at radius 3 is 2.23 bits per heavy atom. The number of alkyl carbamates (subject to hydrolysis) is 1. The summed E-state index contributed by atoms with van der Waals surface area (Å²) in [6, 6.07) is 16.2. The highest BCUT2D eigenvalue weighted by molar-refractivity contribution is 5.87. The molecule has 2 atom stereocenters. The molecule has 3 amide bonds. The van der Waals surface area contributed by atoms with Crippen LogP contribution in [0.1, 0.15) is 23.5 Å². The summed E-state index contributed by atoms with van der Waals surface area (Å²) in [5, 5.41) is 15.9. The van der Waals surface area contributed by atoms with Crippen molar-refractivity contribution < 1.29 is 33.8 Å². The Morgan fingerprint density at radius 2 is 1.57 bits per heavy atom. The van der Waals surface area contributed by atoms with Gasteiger partial charge in [0.2, 0.25) is 11.8 Å². The van der Waals surface area contributed by atoms with E-state index in [4.69, 9.17) is 14.6 Å². The molecule has 0 spiro atoms. The van der Waals surface area contributed by atoms with E-state index >= 15 is 0 Å². The maximum atomic E-state index is 12.3. The summed E-state index contributed by atoms with van der Waals surface area (Å²) in [6.45, 7) is -0.254. The van der Waals surface area contributed by atoms with Gasteiger partial charge in [-0.05, 0) is 28.7 Å². The molecule has 1 heterocycles. The molecule has 2 unspecified atom stereocenters. The fourth-order valence-electron chi connectivity index (χ4n) is 4.43. The molecule has 1 fully saturated rings. The first-order chi connectivity index (χ1) is 16.9. The minimum atomic E-state index is -1.17. The van der Waals surface area contributed by atoms with E-state index < -0.39 is 30.4 Å². The first-order valence-electron chi connectivity index (χ1n) is 11.4. The van der Waals surface area contributed by atoms with Gasteiger partial charge in [0.15, 0.2) is 0 Å². The molecule has 2 aromatic carbocycles. The molecule has 2 aromatic rings. The van der Waals surface area contributed by atoms with Crippen molar-refractivity contribution in [2.75, 3.05) is 32.8 Å². The molecule has 1 saturated heterocycles. The van der Waals surface area contributed by atoms with Gasteiger partial charge in [-0.3, -0.25) is 14.4 Å². The van der Waals surface area contributed by atoms with Crippen LogP contribution in [-0.4, -0.2) is 67.9 Å². The van der Waals surface area contributed by atoms with Gasteiger partial charge in [0, 0.05) is 12.5 Å². The largest absolute Gasteiger partial charge is 0.480 e. The number of hydrogen-bond donors (Lipinski definition) is 4. The van der Waals surface area contributed by atoms with Gasteiger partial charge in [0.1, 0.15) is 13.2 Å². The van der Waals surface area contributed by atoms with Crippen molar-refractivity contribution in [2.45, 2.75) is 18.4 Å². The van der Waals surface area contributed by atoms with Gasteiger partial charge in [0.25, 0.3) is 0 Å². The lowest BCUT2D eigenvalue weighted by molar-refractivity contribution is -0.137. The first-order valence-corrected chi connectivity index (χ1v) is 11.4. The Bertz CT molecular complexity index is 1070. The zero-order valence-corrected chi connectivity index (χ0v) is 19.0. The molecule has 4 N–H and O–H groups in total. The smallest absolute Gasteiger partial charge is 0.407 e. The molecular formula is C25H27N3O7. The van der Waals surface area contributed by atoms with Gasteiger partial charge in [-0.15, -0.1) is 0 Å². The second kappa shape index (κ2) is 11.0. The third-order valence-electron chi connectivity index (χ3n) is 6.13. The maximum absolute atomic E-state index is 12.3. The van der Waals surface area contributed by atoms with Crippen LogP contribution >= 0.6 is 0 Å². The maximum Gasteiger partial charge on any atom is 0.407 e. The first kappa shape index (κ1) is 24.2. The van der Waals surface area contributed by atoms with Gasteiger partial charge in [-0.2, -0.15) is 0 Å². The van der Waals surface area contributed by atoms with Gasteiger partial charge < -0.3 is 30.5 Å². The third-order valence-corrected chi connectivity index (χ3v) is 6.13. The van der Waals surface area contributed by atoms with Crippen molar-refractivity contribution in [3.8, 4) is 11.1 Å². The number of benzene rings is 2. The average molecular weight is 482 g/mol. The molecule has 4 rings (SSSR count). The Hall–Kier alpha value is -3.92. The van der Waals surface area contributed by atoms with Crippen LogP contribution in [0.15, 0.2) is 48.5 Å². The van der Waals surface area contributed by atoms with Crippen molar-refractivity contribution in [2.24, 2.45) is 5.92 Å². The number of carboxylic acid groups (broad SMARTS) is 1. The van der Waals surface area contributed by atoms with Crippen LogP contribution < -0.4 is 16.0 Å². The molecule has 0 bridgehead atoms. The summed E-state index contributed by atoms with van der Waals surface area (Å²) in [5.74, 6) is -2.61. The molecular weight excluding hydrogens is 454 g/mol. The van der Waals surface area contributed by atoms with E-state index in [1.807, 2.05) is 24.3 Å². The van der Waals surface area contributed by atoms with Gasteiger partial charge >= 0.3 is 12.1 Å². The van der Waals surface area contributed by atoms with Crippen molar-refractivity contribution in [3.05, 3.63) is 59.7 Å². The second-order valence-electron chi connectivity index (χ2n) is 8.48. The Labute approximate surface area is 202 Å². The van der Waals surface area contributed by atoms with Crippen LogP contribution in [0, 0.1) is 5.92 Å². The fourth-order valence-corrected chi connectivity index (χ4v) is 4.43. The van der Waals surface area contributed by atoms with E-state index in [0.29, 0.717) is 6.42 Å². The Balaban J connectivity index is 1.19. The predicted octanol–water partition coefficient (Wildman–Crippen LogP) is 1.25. The Kier molecular flexibility index (Phi) is 7.61. The summed E-state index contributed by atoms with van der Waals surface area (Å²) in [4.78, 5) is 46.5. The van der Waals surface area contributed by atoms with Crippen LogP contribution in [0.25, 0.3) is 11.1 Å². The summed E-state index contributed by atoms with van der Waals surface area (Å²) in [7, 11) is 0. The lowest BCUT2D eigenvalue weighted by atomic mass is 9.98. The molecule has 35 heavy (non-hydrogen) atoms.